The minimum atomic E-state index is -0.914. The van der Waals surface area contributed by atoms with E-state index in [1.165, 1.54) is 18.3 Å². The molecule has 9 heteroatoms. The number of pyridine rings is 1. The second-order valence-electron chi connectivity index (χ2n) is 9.54. The number of thioether (sulfide) groups is 1. The van der Waals surface area contributed by atoms with Crippen LogP contribution in [0, 0.1) is 11.2 Å². The monoisotopic (exact) mass is 546 g/mol. The van der Waals surface area contributed by atoms with Crippen molar-refractivity contribution in [2.75, 3.05) is 32.5 Å². The van der Waals surface area contributed by atoms with Crippen LogP contribution in [0.1, 0.15) is 43.8 Å². The quantitative estimate of drug-likeness (QED) is 0.219. The second-order valence-corrected chi connectivity index (χ2v) is 11.1. The molecule has 37 heavy (non-hydrogen) atoms. The molecule has 1 fully saturated rings. The van der Waals surface area contributed by atoms with Crippen LogP contribution in [0.5, 0.6) is 5.75 Å². The average Bonchev–Trinajstić information content (AvgIpc) is 2.91. The number of carboxylic acid groups (broad SMARTS) is 1. The maximum Gasteiger partial charge on any atom is 0.309 e. The molecule has 1 aromatic heterocycles. The Balaban J connectivity index is 1.32. The maximum absolute atomic E-state index is 13.0. The van der Waals surface area contributed by atoms with E-state index in [0.29, 0.717) is 59.6 Å². The third kappa shape index (κ3) is 6.74. The molecule has 4 rings (SSSR count). The largest absolute Gasteiger partial charge is 0.497 e. The lowest BCUT2D eigenvalue weighted by molar-refractivity contribution is -0.153. The molecule has 2 N–H and O–H groups in total. The van der Waals surface area contributed by atoms with E-state index in [0.717, 1.165) is 23.6 Å². The van der Waals surface area contributed by atoms with Crippen molar-refractivity contribution < 1.29 is 24.1 Å². The number of aliphatic hydroxyl groups is 1. The first-order chi connectivity index (χ1) is 17.8. The number of benzene rings is 2. The van der Waals surface area contributed by atoms with Crippen LogP contribution < -0.4 is 4.74 Å². The number of halogens is 2. The molecule has 6 nitrogen and oxygen atoms in total. The Morgan fingerprint density at radius 1 is 1.24 bits per heavy atom. The van der Waals surface area contributed by atoms with Crippen molar-refractivity contribution in [3.8, 4) is 5.75 Å². The smallest absolute Gasteiger partial charge is 0.309 e. The van der Waals surface area contributed by atoms with E-state index >= 15 is 0 Å². The Morgan fingerprint density at radius 3 is 2.65 bits per heavy atom. The molecule has 3 aromatic rings. The zero-order valence-corrected chi connectivity index (χ0v) is 22.4. The summed E-state index contributed by atoms with van der Waals surface area (Å²) in [6.45, 7) is 2.31. The van der Waals surface area contributed by atoms with E-state index in [2.05, 4.69) is 9.88 Å². The Bertz CT molecular complexity index is 1220. The lowest BCUT2D eigenvalue weighted by atomic mass is 9.74. The third-order valence-electron chi connectivity index (χ3n) is 7.27. The number of ether oxygens (including phenoxy) is 1. The van der Waals surface area contributed by atoms with Gasteiger partial charge in [0.2, 0.25) is 0 Å². The number of methoxy groups -OCH3 is 1. The Kier molecular flexibility index (Phi) is 9.29. The molecular weight excluding hydrogens is 515 g/mol. The van der Waals surface area contributed by atoms with Crippen molar-refractivity contribution >= 4 is 40.2 Å². The van der Waals surface area contributed by atoms with Gasteiger partial charge in [-0.1, -0.05) is 11.6 Å². The number of aliphatic carboxylic acids is 1. The summed E-state index contributed by atoms with van der Waals surface area (Å²) in [5.41, 5.74) is 0.383. The number of likely N-dealkylation sites (tertiary alicyclic amines) is 1. The normalized spacial score (nSPS) is 16.5. The van der Waals surface area contributed by atoms with Gasteiger partial charge in [0, 0.05) is 22.0 Å². The molecule has 0 saturated carbocycles. The molecule has 0 radical (unpaired) electrons. The van der Waals surface area contributed by atoms with Crippen molar-refractivity contribution in [2.45, 2.75) is 43.1 Å². The zero-order valence-electron chi connectivity index (χ0n) is 20.8. The van der Waals surface area contributed by atoms with Gasteiger partial charge in [0.15, 0.2) is 0 Å². The minimum Gasteiger partial charge on any atom is -0.497 e. The Labute approximate surface area is 225 Å². The number of carbonyl (C=O) groups is 1. The number of nitrogens with zero attached hydrogens (tertiary/aromatic N) is 2. The van der Waals surface area contributed by atoms with E-state index in [1.807, 2.05) is 6.07 Å². The molecular formula is C28H32ClFN2O4S. The van der Waals surface area contributed by atoms with E-state index in [1.54, 1.807) is 43.1 Å². The van der Waals surface area contributed by atoms with Gasteiger partial charge in [0.1, 0.15) is 11.6 Å². The molecule has 0 spiro atoms. The standard InChI is InChI=1S/C28H32ClFN2O4S/c1-36-20-5-8-24-22(17-20)26(23(29)18-31-24)25(33)9-10-28(27(34)35)11-14-32(15-12-28)13-2-16-37-21-6-3-19(30)4-7-21/h3-8,17-18,25,33H,2,9-16H2,1H3,(H,34,35)/t25-/m1/s1. The minimum absolute atomic E-state index is 0.232. The number of rotatable bonds is 11. The highest BCUT2D eigenvalue weighted by atomic mass is 35.5. The van der Waals surface area contributed by atoms with E-state index < -0.39 is 17.5 Å². The van der Waals surface area contributed by atoms with Gasteiger partial charge in [0.05, 0.1) is 29.2 Å². The first kappa shape index (κ1) is 27.6. The van der Waals surface area contributed by atoms with Gasteiger partial charge in [-0.15, -0.1) is 11.8 Å². The molecule has 0 amide bonds. The van der Waals surface area contributed by atoms with Crippen molar-refractivity contribution in [1.29, 1.82) is 0 Å². The summed E-state index contributed by atoms with van der Waals surface area (Å²) in [4.78, 5) is 20.0. The predicted octanol–water partition coefficient (Wildman–Crippen LogP) is 6.20. The fourth-order valence-electron chi connectivity index (χ4n) is 4.98. The summed E-state index contributed by atoms with van der Waals surface area (Å²) < 4.78 is 18.4. The number of aromatic nitrogens is 1. The molecule has 1 saturated heterocycles. The molecule has 2 heterocycles. The molecule has 1 atom stereocenters. The zero-order chi connectivity index (χ0) is 26.4. The number of hydrogen-bond acceptors (Lipinski definition) is 6. The third-order valence-corrected chi connectivity index (χ3v) is 8.67. The van der Waals surface area contributed by atoms with Crippen molar-refractivity contribution in [2.24, 2.45) is 5.41 Å². The van der Waals surface area contributed by atoms with Crippen LogP contribution in [-0.4, -0.2) is 58.6 Å². The van der Waals surface area contributed by atoms with Gasteiger partial charge >= 0.3 is 5.97 Å². The van der Waals surface area contributed by atoms with Crippen molar-refractivity contribution in [3.63, 3.8) is 0 Å². The van der Waals surface area contributed by atoms with E-state index in [-0.39, 0.29) is 12.2 Å². The van der Waals surface area contributed by atoms with E-state index in [4.69, 9.17) is 16.3 Å². The number of hydrogen-bond donors (Lipinski definition) is 2. The van der Waals surface area contributed by atoms with Crippen LogP contribution in [0.3, 0.4) is 0 Å². The van der Waals surface area contributed by atoms with Gasteiger partial charge in [-0.2, -0.15) is 0 Å². The molecule has 0 unspecified atom stereocenters. The van der Waals surface area contributed by atoms with Crippen LogP contribution in [0.2, 0.25) is 5.02 Å². The summed E-state index contributed by atoms with van der Waals surface area (Å²) in [6.07, 6.45) is 3.31. The number of aliphatic hydroxyl groups excluding tert-OH is 1. The van der Waals surface area contributed by atoms with Gasteiger partial charge in [-0.3, -0.25) is 9.78 Å². The lowest BCUT2D eigenvalue weighted by Crippen LogP contribution is -2.44. The lowest BCUT2D eigenvalue weighted by Gasteiger charge is -2.39. The topological polar surface area (TPSA) is 82.9 Å². The highest BCUT2D eigenvalue weighted by Gasteiger charge is 2.41. The number of fused-ring (bicyclic) bond motifs is 1. The van der Waals surface area contributed by atoms with Crippen LogP contribution >= 0.6 is 23.4 Å². The molecule has 1 aliphatic heterocycles. The Hall–Kier alpha value is -2.39. The maximum atomic E-state index is 13.0. The van der Waals surface area contributed by atoms with Crippen LogP contribution in [0.4, 0.5) is 4.39 Å². The number of piperidine rings is 1. The molecule has 2 aromatic carbocycles. The molecule has 0 bridgehead atoms. The second kappa shape index (κ2) is 12.4. The molecule has 0 aliphatic carbocycles. The summed E-state index contributed by atoms with van der Waals surface area (Å²) in [7, 11) is 1.57. The van der Waals surface area contributed by atoms with Crippen molar-refractivity contribution in [3.05, 3.63) is 65.1 Å². The highest BCUT2D eigenvalue weighted by molar-refractivity contribution is 7.99. The summed E-state index contributed by atoms with van der Waals surface area (Å²) >= 11 is 8.13. The molecule has 1 aliphatic rings. The summed E-state index contributed by atoms with van der Waals surface area (Å²) in [5.74, 6) is 0.516. The fourth-order valence-corrected chi connectivity index (χ4v) is 6.09. The number of carboxylic acids is 1. The van der Waals surface area contributed by atoms with Gasteiger partial charge in [-0.25, -0.2) is 4.39 Å². The fraction of sp³-hybridized carbons (Fsp3) is 0.429. The van der Waals surface area contributed by atoms with E-state index in [9.17, 15) is 19.4 Å². The first-order valence-electron chi connectivity index (χ1n) is 12.5. The van der Waals surface area contributed by atoms with Gasteiger partial charge in [0.25, 0.3) is 0 Å². The predicted molar refractivity (Wildman–Crippen MR) is 145 cm³/mol. The van der Waals surface area contributed by atoms with Gasteiger partial charge in [-0.05, 0) is 100.0 Å². The SMILES string of the molecule is COc1ccc2ncc(Cl)c([C@H](O)CCC3(C(=O)O)CCN(CCCSc4ccc(F)cc4)CC3)c2c1. The van der Waals surface area contributed by atoms with Crippen LogP contribution in [0.15, 0.2) is 53.6 Å². The first-order valence-corrected chi connectivity index (χ1v) is 13.8. The highest BCUT2D eigenvalue weighted by Crippen LogP contribution is 2.41. The van der Waals surface area contributed by atoms with Crippen LogP contribution in [-0.2, 0) is 4.79 Å². The van der Waals surface area contributed by atoms with Crippen LogP contribution in [0.25, 0.3) is 10.9 Å². The summed E-state index contributed by atoms with van der Waals surface area (Å²) in [5, 5.41) is 22.3. The average molecular weight is 547 g/mol. The summed E-state index contributed by atoms with van der Waals surface area (Å²) in [6, 6.07) is 11.9. The Morgan fingerprint density at radius 2 is 1.97 bits per heavy atom. The molecule has 198 valence electrons. The van der Waals surface area contributed by atoms with Crippen molar-refractivity contribution in [1.82, 2.24) is 9.88 Å². The van der Waals surface area contributed by atoms with Gasteiger partial charge < -0.3 is 19.8 Å².